The number of carboxylic acid groups (broad SMARTS) is 1. The van der Waals surface area contributed by atoms with Crippen LogP contribution in [0.4, 0.5) is 4.39 Å². The second kappa shape index (κ2) is 4.06. The number of aromatic nitrogens is 2. The third-order valence-electron chi connectivity index (χ3n) is 2.06. The summed E-state index contributed by atoms with van der Waals surface area (Å²) in [6.07, 6.45) is 4.01. The van der Waals surface area contributed by atoms with Gasteiger partial charge in [-0.05, 0) is 18.2 Å². The minimum absolute atomic E-state index is 0.387. The highest BCUT2D eigenvalue weighted by Gasteiger charge is 2.12. The van der Waals surface area contributed by atoms with Gasteiger partial charge < -0.3 is 5.11 Å². The third-order valence-corrected chi connectivity index (χ3v) is 2.06. The summed E-state index contributed by atoms with van der Waals surface area (Å²) >= 11 is 0. The van der Waals surface area contributed by atoms with Gasteiger partial charge >= 0.3 is 5.97 Å². The van der Waals surface area contributed by atoms with E-state index >= 15 is 0 Å². The SMILES string of the molecule is O=C(O)c1cc(-c2ccncc2)ncc1F. The standard InChI is InChI=1S/C11H7FN2O2/c12-9-6-14-10(5-8(9)11(15)16)7-1-3-13-4-2-7/h1-6H,(H,15,16). The fourth-order valence-electron chi connectivity index (χ4n) is 1.28. The molecule has 0 spiro atoms. The largest absolute Gasteiger partial charge is 0.478 e. The van der Waals surface area contributed by atoms with E-state index < -0.39 is 11.8 Å². The lowest BCUT2D eigenvalue weighted by atomic mass is 10.1. The molecule has 0 aliphatic carbocycles. The van der Waals surface area contributed by atoms with Crippen molar-refractivity contribution in [2.45, 2.75) is 0 Å². The van der Waals surface area contributed by atoms with Crippen LogP contribution in [0.5, 0.6) is 0 Å². The van der Waals surface area contributed by atoms with Crippen LogP contribution in [0.3, 0.4) is 0 Å². The van der Waals surface area contributed by atoms with Crippen molar-refractivity contribution < 1.29 is 14.3 Å². The van der Waals surface area contributed by atoms with Crippen LogP contribution in [-0.2, 0) is 0 Å². The molecule has 0 aromatic carbocycles. The van der Waals surface area contributed by atoms with Crippen LogP contribution >= 0.6 is 0 Å². The van der Waals surface area contributed by atoms with Crippen LogP contribution in [0.25, 0.3) is 11.3 Å². The molecule has 0 saturated heterocycles. The van der Waals surface area contributed by atoms with Gasteiger partial charge in [-0.2, -0.15) is 0 Å². The van der Waals surface area contributed by atoms with Crippen LogP contribution in [-0.4, -0.2) is 21.0 Å². The first kappa shape index (κ1) is 10.2. The van der Waals surface area contributed by atoms with Crippen molar-refractivity contribution in [1.29, 1.82) is 0 Å². The molecule has 2 heterocycles. The molecular weight excluding hydrogens is 211 g/mol. The van der Waals surface area contributed by atoms with Crippen LogP contribution < -0.4 is 0 Å². The maximum atomic E-state index is 13.1. The second-order valence-electron chi connectivity index (χ2n) is 3.09. The number of carboxylic acids is 1. The average Bonchev–Trinajstić information content (AvgIpc) is 2.30. The Kier molecular flexibility index (Phi) is 2.59. The van der Waals surface area contributed by atoms with Crippen LogP contribution in [0.1, 0.15) is 10.4 Å². The number of pyridine rings is 2. The van der Waals surface area contributed by atoms with E-state index in [0.29, 0.717) is 11.3 Å². The van der Waals surface area contributed by atoms with Crippen molar-refractivity contribution >= 4 is 5.97 Å². The maximum absolute atomic E-state index is 13.1. The van der Waals surface area contributed by atoms with Gasteiger partial charge in [0.15, 0.2) is 5.82 Å². The Balaban J connectivity index is 2.52. The van der Waals surface area contributed by atoms with E-state index in [4.69, 9.17) is 5.11 Å². The highest BCUT2D eigenvalue weighted by atomic mass is 19.1. The number of hydrogen-bond donors (Lipinski definition) is 1. The van der Waals surface area contributed by atoms with E-state index in [2.05, 4.69) is 9.97 Å². The quantitative estimate of drug-likeness (QED) is 0.837. The fourth-order valence-corrected chi connectivity index (χ4v) is 1.28. The van der Waals surface area contributed by atoms with E-state index in [9.17, 15) is 9.18 Å². The first-order valence-electron chi connectivity index (χ1n) is 4.47. The molecule has 5 heteroatoms. The summed E-state index contributed by atoms with van der Waals surface area (Å²) in [6.45, 7) is 0. The van der Waals surface area contributed by atoms with Gasteiger partial charge in [-0.1, -0.05) is 0 Å². The lowest BCUT2D eigenvalue weighted by molar-refractivity contribution is 0.0691. The zero-order chi connectivity index (χ0) is 11.5. The summed E-state index contributed by atoms with van der Waals surface area (Å²) in [6, 6.07) is 4.55. The number of nitrogens with zero attached hydrogens (tertiary/aromatic N) is 2. The van der Waals surface area contributed by atoms with Gasteiger partial charge in [0.05, 0.1) is 17.5 Å². The second-order valence-corrected chi connectivity index (χ2v) is 3.09. The zero-order valence-electron chi connectivity index (χ0n) is 8.09. The summed E-state index contributed by atoms with van der Waals surface area (Å²) < 4.78 is 13.1. The summed E-state index contributed by atoms with van der Waals surface area (Å²) in [5, 5.41) is 8.76. The molecule has 0 unspecified atom stereocenters. The molecule has 4 nitrogen and oxygen atoms in total. The molecule has 0 atom stereocenters. The van der Waals surface area contributed by atoms with Gasteiger partial charge in [0, 0.05) is 18.0 Å². The van der Waals surface area contributed by atoms with Gasteiger partial charge in [0.1, 0.15) is 0 Å². The Morgan fingerprint density at radius 1 is 1.31 bits per heavy atom. The molecule has 0 amide bonds. The lowest BCUT2D eigenvalue weighted by Gasteiger charge is -2.02. The molecule has 0 aliphatic rings. The Bertz CT molecular complexity index is 529. The monoisotopic (exact) mass is 218 g/mol. The number of aromatic carboxylic acids is 1. The molecule has 0 saturated carbocycles. The molecule has 0 fully saturated rings. The van der Waals surface area contributed by atoms with E-state index in [0.717, 1.165) is 6.20 Å². The van der Waals surface area contributed by atoms with Crippen molar-refractivity contribution in [1.82, 2.24) is 9.97 Å². The third kappa shape index (κ3) is 1.88. The van der Waals surface area contributed by atoms with Crippen molar-refractivity contribution in [3.8, 4) is 11.3 Å². The van der Waals surface area contributed by atoms with Crippen molar-refractivity contribution in [3.63, 3.8) is 0 Å². The highest BCUT2D eigenvalue weighted by Crippen LogP contribution is 2.18. The number of carbonyl (C=O) groups is 1. The van der Waals surface area contributed by atoms with Crippen LogP contribution in [0.2, 0.25) is 0 Å². The van der Waals surface area contributed by atoms with E-state index in [1.807, 2.05) is 0 Å². The molecule has 0 radical (unpaired) electrons. The molecule has 0 aliphatic heterocycles. The molecule has 80 valence electrons. The number of halogens is 1. The summed E-state index contributed by atoms with van der Waals surface area (Å²) in [4.78, 5) is 18.4. The van der Waals surface area contributed by atoms with Crippen molar-refractivity contribution in [3.05, 3.63) is 48.2 Å². The molecule has 16 heavy (non-hydrogen) atoms. The highest BCUT2D eigenvalue weighted by molar-refractivity contribution is 5.89. The smallest absolute Gasteiger partial charge is 0.338 e. The minimum Gasteiger partial charge on any atom is -0.478 e. The predicted octanol–water partition coefficient (Wildman–Crippen LogP) is 1.98. The zero-order valence-corrected chi connectivity index (χ0v) is 8.09. The van der Waals surface area contributed by atoms with Crippen LogP contribution in [0, 0.1) is 5.82 Å². The van der Waals surface area contributed by atoms with E-state index in [1.165, 1.54) is 6.07 Å². The van der Waals surface area contributed by atoms with Gasteiger partial charge in [0.25, 0.3) is 0 Å². The van der Waals surface area contributed by atoms with Gasteiger partial charge in [-0.25, -0.2) is 9.18 Å². The fraction of sp³-hybridized carbons (Fsp3) is 0. The Labute approximate surface area is 90.4 Å². The maximum Gasteiger partial charge on any atom is 0.338 e. The Morgan fingerprint density at radius 3 is 2.62 bits per heavy atom. The lowest BCUT2D eigenvalue weighted by Crippen LogP contribution is -2.02. The Morgan fingerprint density at radius 2 is 2.00 bits per heavy atom. The van der Waals surface area contributed by atoms with Crippen molar-refractivity contribution in [2.75, 3.05) is 0 Å². The number of hydrogen-bond acceptors (Lipinski definition) is 3. The van der Waals surface area contributed by atoms with Gasteiger partial charge in [0.2, 0.25) is 0 Å². The molecule has 2 aromatic rings. The molecule has 2 rings (SSSR count). The van der Waals surface area contributed by atoms with E-state index in [-0.39, 0.29) is 5.56 Å². The van der Waals surface area contributed by atoms with Crippen molar-refractivity contribution in [2.24, 2.45) is 0 Å². The molecule has 2 aromatic heterocycles. The molecule has 0 bridgehead atoms. The molecule has 1 N–H and O–H groups in total. The topological polar surface area (TPSA) is 63.1 Å². The Hall–Kier alpha value is -2.30. The molecular formula is C11H7FN2O2. The van der Waals surface area contributed by atoms with Gasteiger partial charge in [-0.15, -0.1) is 0 Å². The normalized spacial score (nSPS) is 10.1. The summed E-state index contributed by atoms with van der Waals surface area (Å²) in [7, 11) is 0. The predicted molar refractivity (Wildman–Crippen MR) is 54.4 cm³/mol. The summed E-state index contributed by atoms with van der Waals surface area (Å²) in [5.74, 6) is -2.15. The van der Waals surface area contributed by atoms with Gasteiger partial charge in [-0.3, -0.25) is 9.97 Å². The summed E-state index contributed by atoms with van der Waals surface area (Å²) in [5.41, 5.74) is 0.709. The first-order valence-corrected chi connectivity index (χ1v) is 4.47. The van der Waals surface area contributed by atoms with Crippen LogP contribution in [0.15, 0.2) is 36.8 Å². The first-order chi connectivity index (χ1) is 7.68. The minimum atomic E-state index is -1.31. The average molecular weight is 218 g/mol. The van der Waals surface area contributed by atoms with E-state index in [1.54, 1.807) is 24.5 Å². The number of rotatable bonds is 2.